The molecule has 19 heavy (non-hydrogen) atoms. The molecule has 1 aliphatic rings. The highest BCUT2D eigenvalue weighted by atomic mass is 32.2. The van der Waals surface area contributed by atoms with Crippen LogP contribution in [0.4, 0.5) is 4.79 Å². The molecule has 0 aromatic heterocycles. The summed E-state index contributed by atoms with van der Waals surface area (Å²) in [5, 5.41) is 11.8. The number of hydrogen-bond donors (Lipinski definition) is 2. The summed E-state index contributed by atoms with van der Waals surface area (Å²) in [5.41, 5.74) is 0.988. The van der Waals surface area contributed by atoms with Crippen LogP contribution in [0.3, 0.4) is 0 Å². The van der Waals surface area contributed by atoms with E-state index in [1.165, 1.54) is 16.7 Å². The quantitative estimate of drug-likeness (QED) is 0.885. The van der Waals surface area contributed by atoms with Crippen LogP contribution in [0.5, 0.6) is 0 Å². The summed E-state index contributed by atoms with van der Waals surface area (Å²) in [4.78, 5) is 24.6. The lowest BCUT2D eigenvalue weighted by Crippen LogP contribution is -2.49. The van der Waals surface area contributed by atoms with Crippen molar-refractivity contribution in [1.82, 2.24) is 10.2 Å². The van der Waals surface area contributed by atoms with E-state index in [0.717, 1.165) is 5.56 Å². The number of carboxylic acids is 1. The molecule has 0 bridgehead atoms. The summed E-state index contributed by atoms with van der Waals surface area (Å²) >= 11 is 1.48. The number of carbonyl (C=O) groups excluding carboxylic acids is 1. The summed E-state index contributed by atoms with van der Waals surface area (Å²) in [6.07, 6.45) is 0. The number of rotatable bonds is 3. The molecule has 1 saturated heterocycles. The first-order valence-electron chi connectivity index (χ1n) is 6.04. The second-order valence-electron chi connectivity index (χ2n) is 4.34. The molecule has 1 aromatic rings. The van der Waals surface area contributed by atoms with E-state index in [2.05, 4.69) is 5.32 Å². The van der Waals surface area contributed by atoms with E-state index in [1.54, 1.807) is 0 Å². The van der Waals surface area contributed by atoms with Gasteiger partial charge in [0.2, 0.25) is 0 Å². The number of hydrogen-bond acceptors (Lipinski definition) is 3. The van der Waals surface area contributed by atoms with Crippen LogP contribution in [-0.2, 0) is 11.3 Å². The standard InChI is InChI=1S/C13H16N2O3S/c1-9-15(11(8-19-9)12(16)17)13(18)14-7-10-5-3-2-4-6-10/h2-6,9,11H,7-8H2,1H3,(H,14,18)(H,16,17). The third-order valence-corrected chi connectivity index (χ3v) is 4.25. The zero-order valence-electron chi connectivity index (χ0n) is 10.6. The minimum absolute atomic E-state index is 0.114. The summed E-state index contributed by atoms with van der Waals surface area (Å²) < 4.78 is 0. The fraction of sp³-hybridized carbons (Fsp3) is 0.385. The van der Waals surface area contributed by atoms with Gasteiger partial charge in [0.15, 0.2) is 0 Å². The number of carbonyl (C=O) groups is 2. The van der Waals surface area contributed by atoms with Gasteiger partial charge in [-0.2, -0.15) is 0 Å². The minimum atomic E-state index is -0.952. The van der Waals surface area contributed by atoms with Gasteiger partial charge in [-0.05, 0) is 12.5 Å². The van der Waals surface area contributed by atoms with Gasteiger partial charge in [0, 0.05) is 12.3 Å². The fourth-order valence-corrected chi connectivity index (χ4v) is 3.17. The molecule has 2 amide bonds. The molecule has 0 spiro atoms. The van der Waals surface area contributed by atoms with Gasteiger partial charge in [0.05, 0.1) is 5.37 Å². The van der Waals surface area contributed by atoms with Gasteiger partial charge < -0.3 is 10.4 Å². The zero-order valence-corrected chi connectivity index (χ0v) is 11.4. The van der Waals surface area contributed by atoms with Gasteiger partial charge in [0.25, 0.3) is 0 Å². The predicted molar refractivity (Wildman–Crippen MR) is 73.9 cm³/mol. The maximum atomic E-state index is 12.1. The number of thioether (sulfide) groups is 1. The molecule has 1 aliphatic heterocycles. The van der Waals surface area contributed by atoms with E-state index < -0.39 is 12.0 Å². The van der Waals surface area contributed by atoms with Crippen molar-refractivity contribution in [2.24, 2.45) is 0 Å². The van der Waals surface area contributed by atoms with E-state index in [-0.39, 0.29) is 11.4 Å². The maximum absolute atomic E-state index is 12.1. The monoisotopic (exact) mass is 280 g/mol. The van der Waals surface area contributed by atoms with Crippen molar-refractivity contribution in [3.05, 3.63) is 35.9 Å². The molecule has 2 N–H and O–H groups in total. The van der Waals surface area contributed by atoms with E-state index in [9.17, 15) is 9.59 Å². The lowest BCUT2D eigenvalue weighted by atomic mass is 10.2. The summed E-state index contributed by atoms with van der Waals surface area (Å²) in [6, 6.07) is 8.47. The first-order valence-corrected chi connectivity index (χ1v) is 7.09. The maximum Gasteiger partial charge on any atom is 0.327 e. The topological polar surface area (TPSA) is 69.6 Å². The van der Waals surface area contributed by atoms with Crippen LogP contribution in [0.1, 0.15) is 12.5 Å². The first kappa shape index (κ1) is 13.7. The molecule has 6 heteroatoms. The van der Waals surface area contributed by atoms with Crippen LogP contribution in [0.2, 0.25) is 0 Å². The summed E-state index contributed by atoms with van der Waals surface area (Å²) in [6.45, 7) is 2.25. The number of nitrogens with one attached hydrogen (secondary N) is 1. The van der Waals surface area contributed by atoms with Crippen LogP contribution in [0, 0.1) is 0 Å². The van der Waals surface area contributed by atoms with Gasteiger partial charge in [-0.3, -0.25) is 4.90 Å². The van der Waals surface area contributed by atoms with Crippen molar-refractivity contribution in [3.63, 3.8) is 0 Å². The largest absolute Gasteiger partial charge is 0.480 e. The first-order chi connectivity index (χ1) is 9.09. The number of benzene rings is 1. The Morgan fingerprint density at radius 2 is 2.11 bits per heavy atom. The van der Waals surface area contributed by atoms with Crippen molar-refractivity contribution in [3.8, 4) is 0 Å². The molecule has 1 fully saturated rings. The number of aliphatic carboxylic acids is 1. The molecule has 5 nitrogen and oxygen atoms in total. The third-order valence-electron chi connectivity index (χ3n) is 3.03. The molecule has 0 radical (unpaired) electrons. The molecule has 2 rings (SSSR count). The van der Waals surface area contributed by atoms with Gasteiger partial charge in [0.1, 0.15) is 6.04 Å². The highest BCUT2D eigenvalue weighted by Crippen LogP contribution is 2.28. The van der Waals surface area contributed by atoms with Crippen LogP contribution in [-0.4, -0.2) is 39.2 Å². The van der Waals surface area contributed by atoms with Crippen LogP contribution < -0.4 is 5.32 Å². The summed E-state index contributed by atoms with van der Waals surface area (Å²) in [7, 11) is 0. The highest BCUT2D eigenvalue weighted by Gasteiger charge is 2.39. The Bertz CT molecular complexity index is 466. The number of amides is 2. The summed E-state index contributed by atoms with van der Waals surface area (Å²) in [5.74, 6) is -0.512. The fourth-order valence-electron chi connectivity index (χ4n) is 2.01. The van der Waals surface area contributed by atoms with E-state index in [4.69, 9.17) is 5.11 Å². The smallest absolute Gasteiger partial charge is 0.327 e. The van der Waals surface area contributed by atoms with Gasteiger partial charge in [-0.25, -0.2) is 9.59 Å². The van der Waals surface area contributed by atoms with E-state index >= 15 is 0 Å². The van der Waals surface area contributed by atoms with E-state index in [1.807, 2.05) is 37.3 Å². The molecule has 2 unspecified atom stereocenters. The molecule has 2 atom stereocenters. The van der Waals surface area contributed by atoms with Crippen molar-refractivity contribution in [2.45, 2.75) is 24.9 Å². The Kier molecular flexibility index (Phi) is 4.31. The molecule has 0 saturated carbocycles. The van der Waals surface area contributed by atoms with Gasteiger partial charge >= 0.3 is 12.0 Å². The zero-order chi connectivity index (χ0) is 13.8. The van der Waals surface area contributed by atoms with Crippen molar-refractivity contribution in [2.75, 3.05) is 5.75 Å². The predicted octanol–water partition coefficient (Wildman–Crippen LogP) is 1.74. The Balaban J connectivity index is 1.97. The second kappa shape index (κ2) is 5.97. The highest BCUT2D eigenvalue weighted by molar-refractivity contribution is 8.00. The second-order valence-corrected chi connectivity index (χ2v) is 5.69. The number of nitrogens with zero attached hydrogens (tertiary/aromatic N) is 1. The molecule has 1 heterocycles. The Morgan fingerprint density at radius 3 is 2.74 bits per heavy atom. The Labute approximate surface area is 116 Å². The van der Waals surface area contributed by atoms with Crippen molar-refractivity contribution < 1.29 is 14.7 Å². The Morgan fingerprint density at radius 1 is 1.42 bits per heavy atom. The molecule has 0 aliphatic carbocycles. The number of carboxylic acid groups (broad SMARTS) is 1. The van der Waals surface area contributed by atoms with Crippen molar-refractivity contribution in [1.29, 1.82) is 0 Å². The Hall–Kier alpha value is -1.69. The SMILES string of the molecule is CC1SCC(C(=O)O)N1C(=O)NCc1ccccc1. The average Bonchev–Trinajstić information content (AvgIpc) is 2.79. The molecular weight excluding hydrogens is 264 g/mol. The van der Waals surface area contributed by atoms with Crippen LogP contribution in [0.25, 0.3) is 0 Å². The van der Waals surface area contributed by atoms with Crippen molar-refractivity contribution >= 4 is 23.8 Å². The molecule has 102 valence electrons. The molecule has 1 aromatic carbocycles. The van der Waals surface area contributed by atoms with E-state index in [0.29, 0.717) is 12.3 Å². The lowest BCUT2D eigenvalue weighted by Gasteiger charge is -2.25. The van der Waals surface area contributed by atoms with Gasteiger partial charge in [-0.1, -0.05) is 30.3 Å². The average molecular weight is 280 g/mol. The van der Waals surface area contributed by atoms with Gasteiger partial charge in [-0.15, -0.1) is 11.8 Å². The van der Waals surface area contributed by atoms with Crippen LogP contribution >= 0.6 is 11.8 Å². The third kappa shape index (κ3) is 3.20. The van der Waals surface area contributed by atoms with Crippen LogP contribution in [0.15, 0.2) is 30.3 Å². The normalized spacial score (nSPS) is 22.3. The number of urea groups is 1. The lowest BCUT2D eigenvalue weighted by molar-refractivity contribution is -0.141. The molecular formula is C13H16N2O3S. The minimum Gasteiger partial charge on any atom is -0.480 e.